The number of hydrogen-bond acceptors (Lipinski definition) is 4. The molecule has 0 heterocycles. The zero-order valence-corrected chi connectivity index (χ0v) is 8.57. The molecule has 0 aromatic rings. The molecule has 4 nitrogen and oxygen atoms in total. The first-order chi connectivity index (χ1) is 5.99. The number of rotatable bonds is 6. The fourth-order valence-corrected chi connectivity index (χ4v) is 1.20. The maximum atomic E-state index is 9.38. The van der Waals surface area contributed by atoms with Gasteiger partial charge < -0.3 is 15.3 Å². The zero-order valence-electron chi connectivity index (χ0n) is 8.57. The molecule has 0 aliphatic heterocycles. The number of hydrogen-bond donors (Lipinski definition) is 4. The van der Waals surface area contributed by atoms with Gasteiger partial charge in [-0.3, -0.25) is 5.32 Å². The Labute approximate surface area is 79.6 Å². The van der Waals surface area contributed by atoms with Gasteiger partial charge in [-0.1, -0.05) is 27.2 Å². The maximum absolute atomic E-state index is 9.38. The van der Waals surface area contributed by atoms with E-state index < -0.39 is 18.6 Å². The molecule has 80 valence electrons. The van der Waals surface area contributed by atoms with Crippen LogP contribution >= 0.6 is 0 Å². The van der Waals surface area contributed by atoms with E-state index in [2.05, 4.69) is 5.32 Å². The summed E-state index contributed by atoms with van der Waals surface area (Å²) in [5.74, 6) is 0.0755. The second-order valence-electron chi connectivity index (χ2n) is 3.65. The maximum Gasteiger partial charge on any atom is 0.167 e. The van der Waals surface area contributed by atoms with Crippen molar-refractivity contribution in [3.8, 4) is 0 Å². The van der Waals surface area contributed by atoms with Crippen molar-refractivity contribution in [3.63, 3.8) is 0 Å². The normalized spacial score (nSPS) is 16.6. The molecule has 0 aromatic carbocycles. The largest absolute Gasteiger partial charge is 0.379 e. The molecule has 0 saturated heterocycles. The van der Waals surface area contributed by atoms with Crippen LogP contribution in [0, 0.1) is 5.92 Å². The average molecular weight is 191 g/mol. The Hall–Kier alpha value is -0.160. The molecule has 2 atom stereocenters. The molecule has 1 unspecified atom stereocenters. The summed E-state index contributed by atoms with van der Waals surface area (Å²) in [6.07, 6.45) is -0.595. The van der Waals surface area contributed by atoms with Gasteiger partial charge >= 0.3 is 0 Å². The summed E-state index contributed by atoms with van der Waals surface area (Å²) in [5.41, 5.74) is 0. The van der Waals surface area contributed by atoms with Gasteiger partial charge in [-0.15, -0.1) is 0 Å². The summed E-state index contributed by atoms with van der Waals surface area (Å²) >= 11 is 0. The van der Waals surface area contributed by atoms with Crippen LogP contribution in [0.15, 0.2) is 0 Å². The molecule has 0 aliphatic carbocycles. The van der Waals surface area contributed by atoms with E-state index >= 15 is 0 Å². The highest BCUT2D eigenvalue weighted by Crippen LogP contribution is 2.06. The van der Waals surface area contributed by atoms with E-state index in [1.54, 1.807) is 0 Å². The zero-order chi connectivity index (χ0) is 10.4. The fourth-order valence-electron chi connectivity index (χ4n) is 1.20. The van der Waals surface area contributed by atoms with Gasteiger partial charge in [0.1, 0.15) is 6.23 Å². The lowest BCUT2D eigenvalue weighted by Gasteiger charge is -2.26. The van der Waals surface area contributed by atoms with E-state index in [-0.39, 0.29) is 5.92 Å². The smallest absolute Gasteiger partial charge is 0.167 e. The molecule has 0 radical (unpaired) electrons. The van der Waals surface area contributed by atoms with Crippen LogP contribution in [-0.4, -0.2) is 33.9 Å². The van der Waals surface area contributed by atoms with Gasteiger partial charge in [-0.25, -0.2) is 0 Å². The van der Waals surface area contributed by atoms with Crippen molar-refractivity contribution in [3.05, 3.63) is 0 Å². The molecule has 0 saturated carbocycles. The summed E-state index contributed by atoms with van der Waals surface area (Å²) in [4.78, 5) is 0. The van der Waals surface area contributed by atoms with Crippen LogP contribution in [0.3, 0.4) is 0 Å². The van der Waals surface area contributed by atoms with Crippen LogP contribution in [0.25, 0.3) is 0 Å². The first-order valence-electron chi connectivity index (χ1n) is 4.79. The highest BCUT2D eigenvalue weighted by Gasteiger charge is 2.22. The molecule has 0 bridgehead atoms. The monoisotopic (exact) mass is 191 g/mol. The first-order valence-corrected chi connectivity index (χ1v) is 4.79. The predicted molar refractivity (Wildman–Crippen MR) is 50.9 cm³/mol. The summed E-state index contributed by atoms with van der Waals surface area (Å²) in [5, 5.41) is 30.1. The summed E-state index contributed by atoms with van der Waals surface area (Å²) in [6, 6.07) is -0.471. The van der Waals surface area contributed by atoms with Crippen molar-refractivity contribution in [1.82, 2.24) is 5.32 Å². The Morgan fingerprint density at radius 3 is 2.00 bits per heavy atom. The Kier molecular flexibility index (Phi) is 6.24. The van der Waals surface area contributed by atoms with Gasteiger partial charge in [0, 0.05) is 0 Å². The van der Waals surface area contributed by atoms with Crippen molar-refractivity contribution in [1.29, 1.82) is 0 Å². The lowest BCUT2D eigenvalue weighted by atomic mass is 10.0. The van der Waals surface area contributed by atoms with Crippen LogP contribution < -0.4 is 5.32 Å². The molecule has 0 aliphatic rings. The van der Waals surface area contributed by atoms with E-state index in [1.807, 2.05) is 20.8 Å². The average Bonchev–Trinajstić information content (AvgIpc) is 1.99. The molecule has 0 aromatic heterocycles. The minimum atomic E-state index is -1.42. The quantitative estimate of drug-likeness (QED) is 0.447. The summed E-state index contributed by atoms with van der Waals surface area (Å²) in [7, 11) is 0. The predicted octanol–water partition coefficient (Wildman–Crippen LogP) is 0.0298. The first kappa shape index (κ1) is 12.8. The van der Waals surface area contributed by atoms with Crippen molar-refractivity contribution in [2.75, 3.05) is 0 Å². The van der Waals surface area contributed by atoms with Crippen molar-refractivity contribution >= 4 is 0 Å². The standard InChI is InChI=1S/C9H21NO3/c1-4-5-7(11)10-8(6(2)3)9(12)13/h6-13H,4-5H2,1-3H3/t7?,8-/m0/s1. The Morgan fingerprint density at radius 2 is 1.69 bits per heavy atom. The highest BCUT2D eigenvalue weighted by atomic mass is 16.5. The molecule has 13 heavy (non-hydrogen) atoms. The molecular formula is C9H21NO3. The lowest BCUT2D eigenvalue weighted by Crippen LogP contribution is -2.48. The van der Waals surface area contributed by atoms with Gasteiger partial charge in [0.05, 0.1) is 6.04 Å². The highest BCUT2D eigenvalue weighted by molar-refractivity contribution is 4.73. The van der Waals surface area contributed by atoms with Crippen molar-refractivity contribution in [2.24, 2.45) is 5.92 Å². The summed E-state index contributed by atoms with van der Waals surface area (Å²) < 4.78 is 0. The van der Waals surface area contributed by atoms with Crippen LogP contribution in [0.4, 0.5) is 0 Å². The van der Waals surface area contributed by atoms with Crippen molar-refractivity contribution < 1.29 is 15.3 Å². The molecule has 0 rings (SSSR count). The fraction of sp³-hybridized carbons (Fsp3) is 1.00. The molecule has 0 fully saturated rings. The molecule has 0 spiro atoms. The second-order valence-corrected chi connectivity index (χ2v) is 3.65. The Balaban J connectivity index is 3.94. The van der Waals surface area contributed by atoms with Crippen LogP contribution in [0.2, 0.25) is 0 Å². The molecule has 4 heteroatoms. The van der Waals surface area contributed by atoms with Gasteiger partial charge in [0.2, 0.25) is 0 Å². The topological polar surface area (TPSA) is 72.7 Å². The minimum absolute atomic E-state index is 0.0755. The molecule has 4 N–H and O–H groups in total. The minimum Gasteiger partial charge on any atom is -0.379 e. The van der Waals surface area contributed by atoms with Crippen LogP contribution in [0.1, 0.15) is 33.6 Å². The third-order valence-corrected chi connectivity index (χ3v) is 1.99. The van der Waals surface area contributed by atoms with Crippen LogP contribution in [0.5, 0.6) is 0 Å². The van der Waals surface area contributed by atoms with Gasteiger partial charge in [0.15, 0.2) is 6.29 Å². The van der Waals surface area contributed by atoms with E-state index in [0.29, 0.717) is 6.42 Å². The van der Waals surface area contributed by atoms with Gasteiger partial charge in [-0.05, 0) is 12.3 Å². The number of aliphatic hydroxyl groups excluding tert-OH is 2. The SMILES string of the molecule is CCCC(O)N[C@@H](C(C)C)C(O)O. The number of nitrogens with one attached hydrogen (secondary N) is 1. The second kappa shape index (κ2) is 6.32. The van der Waals surface area contributed by atoms with Gasteiger partial charge in [0.25, 0.3) is 0 Å². The third-order valence-electron chi connectivity index (χ3n) is 1.99. The Morgan fingerprint density at radius 1 is 1.15 bits per heavy atom. The molecular weight excluding hydrogens is 170 g/mol. The third kappa shape index (κ3) is 5.21. The van der Waals surface area contributed by atoms with E-state index in [9.17, 15) is 5.11 Å². The van der Waals surface area contributed by atoms with Crippen LogP contribution in [-0.2, 0) is 0 Å². The van der Waals surface area contributed by atoms with Gasteiger partial charge in [-0.2, -0.15) is 0 Å². The van der Waals surface area contributed by atoms with E-state index in [4.69, 9.17) is 10.2 Å². The summed E-state index contributed by atoms with van der Waals surface area (Å²) in [6.45, 7) is 5.70. The number of aliphatic hydroxyl groups is 3. The van der Waals surface area contributed by atoms with Crippen molar-refractivity contribution in [2.45, 2.75) is 52.2 Å². The van der Waals surface area contributed by atoms with E-state index in [0.717, 1.165) is 6.42 Å². The Bertz CT molecular complexity index is 120. The van der Waals surface area contributed by atoms with E-state index in [1.165, 1.54) is 0 Å². The lowest BCUT2D eigenvalue weighted by molar-refractivity contribution is -0.0901. The molecule has 0 amide bonds.